The maximum absolute atomic E-state index is 11.3. The lowest BCUT2D eigenvalue weighted by Crippen LogP contribution is -2.34. The summed E-state index contributed by atoms with van der Waals surface area (Å²) >= 11 is 0. The fourth-order valence-corrected chi connectivity index (χ4v) is 1.44. The molecule has 7 nitrogen and oxygen atoms in total. The number of carbonyl (C=O) groups is 2. The number of hydrogen-bond donors (Lipinski definition) is 4. The van der Waals surface area contributed by atoms with Crippen LogP contribution < -0.4 is 16.1 Å². The van der Waals surface area contributed by atoms with Crippen LogP contribution in [-0.4, -0.2) is 29.0 Å². The van der Waals surface area contributed by atoms with Crippen LogP contribution in [0.15, 0.2) is 18.2 Å². The zero-order valence-electron chi connectivity index (χ0n) is 10.2. The van der Waals surface area contributed by atoms with Crippen molar-refractivity contribution in [2.45, 2.75) is 13.3 Å². The molecule has 8 heteroatoms. The lowest BCUT2D eigenvalue weighted by molar-refractivity contribution is -0.115. The van der Waals surface area contributed by atoms with Gasteiger partial charge in [0.15, 0.2) is 0 Å². The second-order valence-electron chi connectivity index (χ2n) is 3.74. The molecule has 2 amide bonds. The molecule has 4 N–H and O–H groups in total. The predicted molar refractivity (Wildman–Crippen MR) is 69.4 cm³/mol. The van der Waals surface area contributed by atoms with Crippen LogP contribution in [0.5, 0.6) is 0 Å². The largest absolute Gasteiger partial charge is 0.490 e. The topological polar surface area (TPSA) is 122 Å². The fourth-order valence-electron chi connectivity index (χ4n) is 1.44. The summed E-state index contributed by atoms with van der Waals surface area (Å²) in [5, 5.41) is 31.7. The number of nitrogens with zero attached hydrogens (tertiary/aromatic N) is 1. The number of rotatable bonds is 4. The third-order valence-electron chi connectivity index (χ3n) is 2.16. The summed E-state index contributed by atoms with van der Waals surface area (Å²) in [4.78, 5) is 22.2. The van der Waals surface area contributed by atoms with Crippen LogP contribution in [0, 0.1) is 11.3 Å². The van der Waals surface area contributed by atoms with E-state index in [1.807, 2.05) is 0 Å². The van der Waals surface area contributed by atoms with Crippen molar-refractivity contribution in [1.82, 2.24) is 0 Å². The first-order chi connectivity index (χ1) is 8.93. The summed E-state index contributed by atoms with van der Waals surface area (Å²) < 4.78 is 0. The lowest BCUT2D eigenvalue weighted by atomic mass is 9.78. The van der Waals surface area contributed by atoms with E-state index in [1.165, 1.54) is 25.1 Å². The molecule has 0 aliphatic carbocycles. The molecule has 0 saturated carbocycles. The summed E-state index contributed by atoms with van der Waals surface area (Å²) in [6, 6.07) is 5.91. The van der Waals surface area contributed by atoms with E-state index in [0.717, 1.165) is 0 Å². The van der Waals surface area contributed by atoms with Gasteiger partial charge in [0.05, 0.1) is 6.07 Å². The van der Waals surface area contributed by atoms with Gasteiger partial charge in [-0.25, -0.2) is 0 Å². The minimum Gasteiger partial charge on any atom is -0.423 e. The third-order valence-corrected chi connectivity index (χ3v) is 2.16. The minimum absolute atomic E-state index is 0.0255. The number of carbonyl (C=O) groups excluding carboxylic acids is 2. The highest BCUT2D eigenvalue weighted by molar-refractivity contribution is 6.61. The molecular weight excluding hydrogens is 249 g/mol. The SMILES string of the molecule is CC(=O)Nc1ccc(NC(=O)CC#N)c(B(O)O)c1. The highest BCUT2D eigenvalue weighted by atomic mass is 16.4. The van der Waals surface area contributed by atoms with Crippen molar-refractivity contribution < 1.29 is 19.6 Å². The molecule has 0 atom stereocenters. The number of amides is 2. The van der Waals surface area contributed by atoms with Crippen LogP contribution in [-0.2, 0) is 9.59 Å². The van der Waals surface area contributed by atoms with Crippen LogP contribution >= 0.6 is 0 Å². The van der Waals surface area contributed by atoms with Crippen molar-refractivity contribution in [3.63, 3.8) is 0 Å². The first kappa shape index (κ1) is 14.7. The van der Waals surface area contributed by atoms with Gasteiger partial charge in [0, 0.05) is 23.8 Å². The van der Waals surface area contributed by atoms with E-state index in [1.54, 1.807) is 6.07 Å². The normalized spacial score (nSPS) is 9.37. The molecule has 0 aromatic heterocycles. The standard InChI is InChI=1S/C11H12BN3O4/c1-7(16)14-8-2-3-10(9(6-8)12(18)19)15-11(17)4-5-13/h2-3,6,18-19H,4H2,1H3,(H,14,16)(H,15,17). The van der Waals surface area contributed by atoms with Gasteiger partial charge in [0.2, 0.25) is 11.8 Å². The van der Waals surface area contributed by atoms with Gasteiger partial charge in [-0.2, -0.15) is 5.26 Å². The number of benzene rings is 1. The van der Waals surface area contributed by atoms with Gasteiger partial charge in [0.1, 0.15) is 6.42 Å². The lowest BCUT2D eigenvalue weighted by Gasteiger charge is -2.12. The average Bonchev–Trinajstić information content (AvgIpc) is 2.30. The first-order valence-electron chi connectivity index (χ1n) is 5.38. The smallest absolute Gasteiger partial charge is 0.423 e. The van der Waals surface area contributed by atoms with Gasteiger partial charge >= 0.3 is 7.12 Å². The molecule has 0 saturated heterocycles. The molecule has 0 unspecified atom stereocenters. The Kier molecular flexibility index (Phi) is 5.06. The number of nitrogens with one attached hydrogen (secondary N) is 2. The molecule has 0 aliphatic rings. The number of nitriles is 1. The Labute approximate surface area is 110 Å². The van der Waals surface area contributed by atoms with Gasteiger partial charge in [-0.05, 0) is 18.2 Å². The van der Waals surface area contributed by atoms with Gasteiger partial charge in [-0.15, -0.1) is 0 Å². The summed E-state index contributed by atoms with van der Waals surface area (Å²) in [5.41, 5.74) is 0.566. The van der Waals surface area contributed by atoms with Gasteiger partial charge in [0.25, 0.3) is 0 Å². The van der Waals surface area contributed by atoms with Crippen molar-refractivity contribution in [2.24, 2.45) is 0 Å². The average molecular weight is 261 g/mol. The molecule has 0 aliphatic heterocycles. The Morgan fingerprint density at radius 3 is 2.58 bits per heavy atom. The molecule has 0 bridgehead atoms. The third kappa shape index (κ3) is 4.42. The minimum atomic E-state index is -1.81. The van der Waals surface area contributed by atoms with Crippen LogP contribution in [0.2, 0.25) is 0 Å². The molecule has 0 heterocycles. The van der Waals surface area contributed by atoms with E-state index in [2.05, 4.69) is 10.6 Å². The fraction of sp³-hybridized carbons (Fsp3) is 0.182. The second-order valence-corrected chi connectivity index (χ2v) is 3.74. The summed E-state index contributed by atoms with van der Waals surface area (Å²) in [6.45, 7) is 1.32. The zero-order chi connectivity index (χ0) is 14.4. The van der Waals surface area contributed by atoms with E-state index < -0.39 is 13.0 Å². The van der Waals surface area contributed by atoms with Gasteiger partial charge < -0.3 is 20.7 Å². The molecule has 1 aromatic rings. The summed E-state index contributed by atoms with van der Waals surface area (Å²) in [6.07, 6.45) is -0.339. The van der Waals surface area contributed by atoms with Crippen LogP contribution in [0.4, 0.5) is 11.4 Å². The first-order valence-corrected chi connectivity index (χ1v) is 5.38. The van der Waals surface area contributed by atoms with Crippen molar-refractivity contribution in [3.05, 3.63) is 18.2 Å². The van der Waals surface area contributed by atoms with Crippen molar-refractivity contribution in [3.8, 4) is 6.07 Å². The van der Waals surface area contributed by atoms with Crippen molar-refractivity contribution in [1.29, 1.82) is 5.26 Å². The van der Waals surface area contributed by atoms with Crippen LogP contribution in [0.1, 0.15) is 13.3 Å². The maximum atomic E-state index is 11.3. The zero-order valence-corrected chi connectivity index (χ0v) is 10.2. The van der Waals surface area contributed by atoms with E-state index in [9.17, 15) is 19.6 Å². The highest BCUT2D eigenvalue weighted by Gasteiger charge is 2.18. The van der Waals surface area contributed by atoms with E-state index in [-0.39, 0.29) is 23.5 Å². The Balaban J connectivity index is 3.01. The molecule has 1 rings (SSSR count). The van der Waals surface area contributed by atoms with Gasteiger partial charge in [-0.3, -0.25) is 9.59 Å². The molecule has 1 aromatic carbocycles. The molecule has 19 heavy (non-hydrogen) atoms. The predicted octanol–water partition coefficient (Wildman–Crippen LogP) is -0.823. The van der Waals surface area contributed by atoms with E-state index in [4.69, 9.17) is 5.26 Å². The van der Waals surface area contributed by atoms with Crippen molar-refractivity contribution >= 4 is 35.8 Å². The second kappa shape index (κ2) is 6.54. The number of anilines is 2. The van der Waals surface area contributed by atoms with Crippen molar-refractivity contribution in [2.75, 3.05) is 10.6 Å². The van der Waals surface area contributed by atoms with E-state index >= 15 is 0 Å². The molecule has 98 valence electrons. The highest BCUT2D eigenvalue weighted by Crippen LogP contribution is 2.12. The van der Waals surface area contributed by atoms with Gasteiger partial charge in [-0.1, -0.05) is 0 Å². The molecule has 0 spiro atoms. The quantitative estimate of drug-likeness (QED) is 0.527. The van der Waals surface area contributed by atoms with E-state index in [0.29, 0.717) is 5.69 Å². The van der Waals surface area contributed by atoms with Crippen LogP contribution in [0.25, 0.3) is 0 Å². The Morgan fingerprint density at radius 1 is 1.37 bits per heavy atom. The monoisotopic (exact) mass is 261 g/mol. The molecular formula is C11H12BN3O4. The Hall–Kier alpha value is -2.37. The molecule has 0 fully saturated rings. The Bertz CT molecular complexity index is 539. The summed E-state index contributed by atoms with van der Waals surface area (Å²) in [7, 11) is -1.81. The Morgan fingerprint density at radius 2 is 2.05 bits per heavy atom. The van der Waals surface area contributed by atoms with Crippen LogP contribution in [0.3, 0.4) is 0 Å². The molecule has 0 radical (unpaired) electrons. The maximum Gasteiger partial charge on any atom is 0.490 e. The summed E-state index contributed by atoms with van der Waals surface area (Å²) in [5.74, 6) is -0.865. The number of hydrogen-bond acceptors (Lipinski definition) is 5.